The van der Waals surface area contributed by atoms with Gasteiger partial charge in [0.25, 0.3) is 5.91 Å². The summed E-state index contributed by atoms with van der Waals surface area (Å²) in [7, 11) is 0. The van der Waals surface area contributed by atoms with Crippen molar-refractivity contribution in [2.45, 2.75) is 12.1 Å². The molecule has 6 nitrogen and oxygen atoms in total. The van der Waals surface area contributed by atoms with E-state index in [4.69, 9.17) is 55.7 Å². The van der Waals surface area contributed by atoms with Crippen LogP contribution in [0.15, 0.2) is 83.3 Å². The lowest BCUT2D eigenvalue weighted by atomic mass is 9.94. The molecule has 0 spiro atoms. The maximum Gasteiger partial charge on any atom is 0.266 e. The van der Waals surface area contributed by atoms with Crippen LogP contribution in [0.4, 0.5) is 11.4 Å². The number of para-hydroxylation sites is 1. The van der Waals surface area contributed by atoms with E-state index in [9.17, 15) is 9.59 Å². The molecule has 0 N–H and O–H groups in total. The van der Waals surface area contributed by atoms with Crippen LogP contribution in [0.25, 0.3) is 11.3 Å². The summed E-state index contributed by atoms with van der Waals surface area (Å²) in [6.45, 7) is 0. The maximum atomic E-state index is 13.8. The predicted octanol–water partition coefficient (Wildman–Crippen LogP) is 7.61. The van der Waals surface area contributed by atoms with Gasteiger partial charge in [-0.3, -0.25) is 14.4 Å². The zero-order valence-electron chi connectivity index (χ0n) is 18.8. The minimum Gasteiger partial charge on any atom is -0.459 e. The molecule has 2 fully saturated rings. The number of fused-ring (bicyclic) bond motifs is 1. The number of anilines is 2. The van der Waals surface area contributed by atoms with E-state index in [0.717, 1.165) is 4.90 Å². The molecule has 1 aromatic heterocycles. The summed E-state index contributed by atoms with van der Waals surface area (Å²) >= 11 is 24.6. The summed E-state index contributed by atoms with van der Waals surface area (Å²) in [6.07, 6.45) is -1.06. The van der Waals surface area contributed by atoms with Crippen LogP contribution in [0, 0.1) is 5.92 Å². The van der Waals surface area contributed by atoms with Crippen molar-refractivity contribution < 1.29 is 18.8 Å². The molecule has 2 amide bonds. The molecule has 186 valence electrons. The van der Waals surface area contributed by atoms with E-state index in [1.165, 1.54) is 12.1 Å². The van der Waals surface area contributed by atoms with Gasteiger partial charge in [0, 0.05) is 10.6 Å². The average molecular weight is 574 g/mol. The van der Waals surface area contributed by atoms with Gasteiger partial charge in [-0.15, -0.1) is 0 Å². The molecule has 2 saturated heterocycles. The molecule has 6 rings (SSSR count). The van der Waals surface area contributed by atoms with Crippen LogP contribution in [0.5, 0.6) is 0 Å². The Morgan fingerprint density at radius 3 is 2.22 bits per heavy atom. The molecule has 0 saturated carbocycles. The third-order valence-electron chi connectivity index (χ3n) is 6.40. The van der Waals surface area contributed by atoms with Gasteiger partial charge < -0.3 is 4.42 Å². The molecule has 4 aromatic rings. The summed E-state index contributed by atoms with van der Waals surface area (Å²) in [5.41, 5.74) is 1.64. The second kappa shape index (κ2) is 9.39. The minimum atomic E-state index is -1.06. The van der Waals surface area contributed by atoms with Gasteiger partial charge in [0.1, 0.15) is 23.5 Å². The van der Waals surface area contributed by atoms with E-state index in [1.54, 1.807) is 41.5 Å². The molecule has 2 aliphatic rings. The van der Waals surface area contributed by atoms with Crippen molar-refractivity contribution >= 4 is 69.6 Å². The van der Waals surface area contributed by atoms with Crippen molar-refractivity contribution in [2.24, 2.45) is 5.92 Å². The Bertz CT molecular complexity index is 1540. The molecule has 3 aromatic carbocycles. The first-order valence-corrected chi connectivity index (χ1v) is 12.7. The fourth-order valence-corrected chi connectivity index (χ4v) is 5.52. The summed E-state index contributed by atoms with van der Waals surface area (Å²) in [6, 6.07) is 21.7. The van der Waals surface area contributed by atoms with Gasteiger partial charge in [-0.25, -0.2) is 9.96 Å². The molecular formula is C27H16Cl4N2O4. The van der Waals surface area contributed by atoms with Crippen LogP contribution in [-0.4, -0.2) is 17.9 Å². The lowest BCUT2D eigenvalue weighted by Gasteiger charge is -2.27. The second-order valence-corrected chi connectivity index (χ2v) is 10.3. The third kappa shape index (κ3) is 4.10. The molecular weight excluding hydrogens is 558 g/mol. The van der Waals surface area contributed by atoms with E-state index in [2.05, 4.69) is 0 Å². The van der Waals surface area contributed by atoms with E-state index in [-0.39, 0.29) is 5.02 Å². The highest BCUT2D eigenvalue weighted by Gasteiger charge is 2.61. The minimum absolute atomic E-state index is 0.232. The SMILES string of the molecule is O=C1[C@H]2[C@@H](ON(c3ccccc3)[C@H]2c2ccc(-c3ccc(Cl)cc3Cl)o2)C(=O)N1c1ccc(Cl)c(Cl)c1. The molecule has 3 atom stereocenters. The largest absolute Gasteiger partial charge is 0.459 e. The Morgan fingerprint density at radius 1 is 0.703 bits per heavy atom. The Hall–Kier alpha value is -3.00. The Morgan fingerprint density at radius 2 is 1.49 bits per heavy atom. The molecule has 3 heterocycles. The van der Waals surface area contributed by atoms with E-state index in [0.29, 0.717) is 43.5 Å². The van der Waals surface area contributed by atoms with E-state index >= 15 is 0 Å². The zero-order valence-corrected chi connectivity index (χ0v) is 21.8. The predicted molar refractivity (Wildman–Crippen MR) is 143 cm³/mol. The number of imide groups is 1. The quantitative estimate of drug-likeness (QED) is 0.235. The smallest absolute Gasteiger partial charge is 0.266 e. The number of hydrogen-bond acceptors (Lipinski definition) is 5. The standard InChI is InChI=1S/C27H16Cl4N2O4/c28-14-6-8-17(19(30)12-14)21-10-11-22(36-21)24-23-25(37-33(24)15-4-2-1-3-5-15)27(35)32(26(23)34)16-7-9-18(29)20(31)13-16/h1-13,23-25H/t23-,24+,25-/m1/s1. The number of hydrogen-bond donors (Lipinski definition) is 0. The highest BCUT2D eigenvalue weighted by Crippen LogP contribution is 2.49. The van der Waals surface area contributed by atoms with Crippen molar-refractivity contribution in [3.8, 4) is 11.3 Å². The average Bonchev–Trinajstić information content (AvgIpc) is 3.57. The van der Waals surface area contributed by atoms with Gasteiger partial charge in [-0.1, -0.05) is 64.6 Å². The first-order valence-electron chi connectivity index (χ1n) is 11.2. The fourth-order valence-electron chi connectivity index (χ4n) is 4.73. The van der Waals surface area contributed by atoms with Crippen LogP contribution < -0.4 is 9.96 Å². The molecule has 0 bridgehead atoms. The zero-order chi connectivity index (χ0) is 25.8. The van der Waals surface area contributed by atoms with E-state index < -0.39 is 29.9 Å². The normalized spacial score (nSPS) is 21.1. The van der Waals surface area contributed by atoms with E-state index in [1.807, 2.05) is 30.3 Å². The lowest BCUT2D eigenvalue weighted by Crippen LogP contribution is -2.37. The third-order valence-corrected chi connectivity index (χ3v) is 7.69. The lowest BCUT2D eigenvalue weighted by molar-refractivity contribution is -0.126. The molecule has 0 radical (unpaired) electrons. The molecule has 37 heavy (non-hydrogen) atoms. The first-order chi connectivity index (χ1) is 17.8. The summed E-state index contributed by atoms with van der Waals surface area (Å²) in [5, 5.41) is 3.03. The summed E-state index contributed by atoms with van der Waals surface area (Å²) in [5.74, 6) is -0.869. The number of carbonyl (C=O) groups excluding carboxylic acids is 2. The topological polar surface area (TPSA) is 63.0 Å². The van der Waals surface area contributed by atoms with Crippen LogP contribution in [0.2, 0.25) is 20.1 Å². The number of carbonyl (C=O) groups is 2. The van der Waals surface area contributed by atoms with Gasteiger partial charge in [0.2, 0.25) is 5.91 Å². The van der Waals surface area contributed by atoms with Crippen LogP contribution in [0.3, 0.4) is 0 Å². The van der Waals surface area contributed by atoms with Crippen LogP contribution in [0.1, 0.15) is 11.8 Å². The van der Waals surface area contributed by atoms with Crippen molar-refractivity contribution in [3.05, 3.63) is 105 Å². The molecule has 0 aliphatic carbocycles. The first kappa shape index (κ1) is 24.3. The highest BCUT2D eigenvalue weighted by atomic mass is 35.5. The van der Waals surface area contributed by atoms with Gasteiger partial charge in [-0.05, 0) is 60.7 Å². The second-order valence-electron chi connectivity index (χ2n) is 8.59. The van der Waals surface area contributed by atoms with Gasteiger partial charge >= 0.3 is 0 Å². The Kier molecular flexibility index (Phi) is 6.18. The van der Waals surface area contributed by atoms with Gasteiger partial charge in [0.05, 0.1) is 26.4 Å². The number of amides is 2. The number of rotatable bonds is 4. The monoisotopic (exact) mass is 572 g/mol. The maximum absolute atomic E-state index is 13.8. The number of furan rings is 1. The number of halogens is 4. The van der Waals surface area contributed by atoms with Gasteiger partial charge in [0.15, 0.2) is 6.10 Å². The highest BCUT2D eigenvalue weighted by molar-refractivity contribution is 6.42. The van der Waals surface area contributed by atoms with Crippen molar-refractivity contribution in [1.29, 1.82) is 0 Å². The fraction of sp³-hybridized carbons (Fsp3) is 0.111. The summed E-state index contributed by atoms with van der Waals surface area (Å²) in [4.78, 5) is 34.5. The number of nitrogens with zero attached hydrogens (tertiary/aromatic N) is 2. The van der Waals surface area contributed by atoms with Crippen molar-refractivity contribution in [1.82, 2.24) is 0 Å². The van der Waals surface area contributed by atoms with Crippen molar-refractivity contribution in [3.63, 3.8) is 0 Å². The Labute approximate surface area is 231 Å². The molecule has 0 unspecified atom stereocenters. The number of benzene rings is 3. The van der Waals surface area contributed by atoms with Crippen LogP contribution >= 0.6 is 46.4 Å². The van der Waals surface area contributed by atoms with Crippen molar-refractivity contribution in [2.75, 3.05) is 9.96 Å². The number of hydroxylamine groups is 1. The van der Waals surface area contributed by atoms with Crippen LogP contribution in [-0.2, 0) is 14.4 Å². The Balaban J connectivity index is 1.42. The molecule has 2 aliphatic heterocycles. The molecule has 10 heteroatoms. The summed E-state index contributed by atoms with van der Waals surface area (Å²) < 4.78 is 6.22. The van der Waals surface area contributed by atoms with Gasteiger partial charge in [-0.2, -0.15) is 0 Å².